The second-order valence-electron chi connectivity index (χ2n) is 5.61. The molecule has 0 bridgehead atoms. The van der Waals surface area contributed by atoms with E-state index in [-0.39, 0.29) is 16.8 Å². The van der Waals surface area contributed by atoms with E-state index >= 15 is 0 Å². The third-order valence-electron chi connectivity index (χ3n) is 3.43. The minimum atomic E-state index is -4.97. The maximum Gasteiger partial charge on any atom is 0.416 e. The summed E-state index contributed by atoms with van der Waals surface area (Å²) in [5.41, 5.74) is -1.87. The van der Waals surface area contributed by atoms with Gasteiger partial charge < -0.3 is 0 Å². The van der Waals surface area contributed by atoms with Gasteiger partial charge in [0.1, 0.15) is 5.17 Å². The lowest BCUT2D eigenvalue weighted by molar-refractivity contribution is -0.143. The summed E-state index contributed by atoms with van der Waals surface area (Å²) in [6.45, 7) is 3.42. The molecule has 0 N–H and O–H groups in total. The van der Waals surface area contributed by atoms with Crippen molar-refractivity contribution in [3.63, 3.8) is 0 Å². The highest BCUT2D eigenvalue weighted by Gasteiger charge is 2.37. The van der Waals surface area contributed by atoms with Crippen molar-refractivity contribution < 1.29 is 26.3 Å². The largest absolute Gasteiger partial charge is 0.416 e. The molecule has 0 spiro atoms. The molecule has 0 fully saturated rings. The first-order chi connectivity index (χ1) is 11.8. The Labute approximate surface area is 155 Å². The molecular weight excluding hydrogens is 403 g/mol. The molecule has 0 amide bonds. The highest BCUT2D eigenvalue weighted by molar-refractivity contribution is 6.70. The molecule has 0 aliphatic heterocycles. The van der Waals surface area contributed by atoms with E-state index in [1.165, 1.54) is 0 Å². The van der Waals surface area contributed by atoms with Gasteiger partial charge in [-0.15, -0.1) is 0 Å². The van der Waals surface area contributed by atoms with Gasteiger partial charge in [0.25, 0.3) is 0 Å². The molecular formula is C17H11Cl2F6N. The molecule has 0 atom stereocenters. The van der Waals surface area contributed by atoms with Gasteiger partial charge in [0, 0.05) is 5.56 Å². The molecule has 140 valence electrons. The van der Waals surface area contributed by atoms with E-state index in [0.717, 1.165) is 5.56 Å². The van der Waals surface area contributed by atoms with Crippen LogP contribution in [0.25, 0.3) is 0 Å². The van der Waals surface area contributed by atoms with E-state index in [4.69, 9.17) is 23.2 Å². The second kappa shape index (κ2) is 7.12. The maximum absolute atomic E-state index is 12.9. The first-order valence-electron chi connectivity index (χ1n) is 7.10. The van der Waals surface area contributed by atoms with E-state index in [1.54, 1.807) is 26.0 Å². The van der Waals surface area contributed by atoms with E-state index < -0.39 is 34.2 Å². The minimum absolute atomic E-state index is 0.0256. The van der Waals surface area contributed by atoms with E-state index in [9.17, 15) is 26.3 Å². The normalized spacial score (nSPS) is 13.2. The second-order valence-corrected chi connectivity index (χ2v) is 6.37. The number of halogens is 8. The lowest BCUT2D eigenvalue weighted by Crippen LogP contribution is -2.12. The number of rotatable bonds is 2. The van der Waals surface area contributed by atoms with Crippen LogP contribution in [0.4, 0.5) is 32.0 Å². The maximum atomic E-state index is 12.9. The van der Waals surface area contributed by atoms with Crippen molar-refractivity contribution in [3.05, 3.63) is 63.2 Å². The van der Waals surface area contributed by atoms with Crippen molar-refractivity contribution in [1.82, 2.24) is 0 Å². The third-order valence-corrected chi connectivity index (χ3v) is 4.03. The van der Waals surface area contributed by atoms with Crippen molar-refractivity contribution in [2.45, 2.75) is 26.2 Å². The summed E-state index contributed by atoms with van der Waals surface area (Å²) in [4.78, 5) is 3.93. The van der Waals surface area contributed by atoms with Gasteiger partial charge in [-0.3, -0.25) is 0 Å². The van der Waals surface area contributed by atoms with Crippen molar-refractivity contribution in [2.24, 2.45) is 4.99 Å². The first kappa shape index (κ1) is 20.6. The Bertz CT molecular complexity index is 813. The molecule has 0 aliphatic carbocycles. The van der Waals surface area contributed by atoms with Crippen LogP contribution in [-0.2, 0) is 12.4 Å². The van der Waals surface area contributed by atoms with Crippen LogP contribution in [0, 0.1) is 13.8 Å². The van der Waals surface area contributed by atoms with Gasteiger partial charge in [0.2, 0.25) is 0 Å². The molecule has 9 heteroatoms. The molecule has 0 saturated carbocycles. The smallest absolute Gasteiger partial charge is 0.234 e. The number of aryl methyl sites for hydroxylation is 2. The number of alkyl halides is 6. The number of benzene rings is 2. The van der Waals surface area contributed by atoms with Crippen LogP contribution >= 0.6 is 23.2 Å². The molecule has 0 aromatic heterocycles. The summed E-state index contributed by atoms with van der Waals surface area (Å²) >= 11 is 12.0. The lowest BCUT2D eigenvalue weighted by Gasteiger charge is -2.14. The Balaban J connectivity index is 2.64. The van der Waals surface area contributed by atoms with Gasteiger partial charge in [0.15, 0.2) is 0 Å². The van der Waals surface area contributed by atoms with Crippen molar-refractivity contribution in [3.8, 4) is 0 Å². The molecule has 2 aromatic carbocycles. The number of hydrogen-bond acceptors (Lipinski definition) is 1. The van der Waals surface area contributed by atoms with E-state index in [2.05, 4.69) is 4.99 Å². The fraction of sp³-hybridized carbons (Fsp3) is 0.235. The van der Waals surface area contributed by atoms with Crippen LogP contribution in [-0.4, -0.2) is 5.17 Å². The van der Waals surface area contributed by atoms with Gasteiger partial charge in [-0.2, -0.15) is 26.3 Å². The Morgan fingerprint density at radius 3 is 1.77 bits per heavy atom. The average molecular weight is 414 g/mol. The fourth-order valence-corrected chi connectivity index (χ4v) is 2.84. The zero-order valence-corrected chi connectivity index (χ0v) is 14.9. The Kier molecular flexibility index (Phi) is 5.63. The molecule has 0 aliphatic rings. The Morgan fingerprint density at radius 1 is 0.846 bits per heavy atom. The number of hydrogen-bond donors (Lipinski definition) is 0. The summed E-state index contributed by atoms with van der Waals surface area (Å²) in [6, 6.07) is 4.32. The van der Waals surface area contributed by atoms with Gasteiger partial charge in [-0.1, -0.05) is 29.3 Å². The molecule has 0 radical (unpaired) electrons. The molecule has 0 unspecified atom stereocenters. The highest BCUT2D eigenvalue weighted by Crippen LogP contribution is 2.37. The predicted molar refractivity (Wildman–Crippen MR) is 89.4 cm³/mol. The monoisotopic (exact) mass is 413 g/mol. The molecule has 2 rings (SSSR count). The first-order valence-corrected chi connectivity index (χ1v) is 7.85. The molecule has 26 heavy (non-hydrogen) atoms. The molecule has 0 heterocycles. The SMILES string of the molecule is Cc1cc(C)c(/N=C(/Cl)c2cc(C(F)(F)F)cc(C(F)(F)F)c2)c(Cl)c1. The van der Waals surface area contributed by atoms with Crippen molar-refractivity contribution in [2.75, 3.05) is 0 Å². The quantitative estimate of drug-likeness (QED) is 0.361. The highest BCUT2D eigenvalue weighted by atomic mass is 35.5. The summed E-state index contributed by atoms with van der Waals surface area (Å²) in [7, 11) is 0. The van der Waals surface area contributed by atoms with Gasteiger partial charge in [-0.25, -0.2) is 4.99 Å². The van der Waals surface area contributed by atoms with Crippen LogP contribution in [0.1, 0.15) is 27.8 Å². The van der Waals surface area contributed by atoms with E-state index in [1.807, 2.05) is 0 Å². The van der Waals surface area contributed by atoms with Crippen molar-refractivity contribution in [1.29, 1.82) is 0 Å². The molecule has 0 saturated heterocycles. The predicted octanol–water partition coefficient (Wildman–Crippen LogP) is 7.31. The standard InChI is InChI=1S/C17H11Cl2F6N/c1-8-3-9(2)14(13(18)4-8)26-15(19)10-5-11(16(20,21)22)7-12(6-10)17(23,24)25/h3-7H,1-2H3/b26-15+. The summed E-state index contributed by atoms with van der Waals surface area (Å²) in [5.74, 6) is 0. The molecule has 1 nitrogen and oxygen atoms in total. The minimum Gasteiger partial charge on any atom is -0.234 e. The van der Waals surface area contributed by atoms with Gasteiger partial charge in [0.05, 0.1) is 21.8 Å². The molecule has 2 aromatic rings. The lowest BCUT2D eigenvalue weighted by atomic mass is 10.0. The Morgan fingerprint density at radius 2 is 1.35 bits per heavy atom. The van der Waals surface area contributed by atoms with Gasteiger partial charge >= 0.3 is 12.4 Å². The van der Waals surface area contributed by atoms with Crippen molar-refractivity contribution >= 4 is 34.1 Å². The topological polar surface area (TPSA) is 12.4 Å². The third kappa shape index (κ3) is 4.71. The van der Waals surface area contributed by atoms with Crippen LogP contribution < -0.4 is 0 Å². The van der Waals surface area contributed by atoms with Crippen LogP contribution in [0.3, 0.4) is 0 Å². The zero-order chi connectivity index (χ0) is 19.9. The van der Waals surface area contributed by atoms with Crippen LogP contribution in [0.15, 0.2) is 35.3 Å². The summed E-state index contributed by atoms with van der Waals surface area (Å²) < 4.78 is 77.6. The summed E-state index contributed by atoms with van der Waals surface area (Å²) in [6.07, 6.45) is -9.94. The number of nitrogens with zero attached hydrogens (tertiary/aromatic N) is 1. The summed E-state index contributed by atoms with van der Waals surface area (Å²) in [5, 5.41) is -0.348. The fourth-order valence-electron chi connectivity index (χ4n) is 2.29. The van der Waals surface area contributed by atoms with Crippen LogP contribution in [0.5, 0.6) is 0 Å². The Hall–Kier alpha value is -1.73. The average Bonchev–Trinajstić information content (AvgIpc) is 2.48. The van der Waals surface area contributed by atoms with E-state index in [0.29, 0.717) is 17.7 Å². The number of aliphatic imine (C=N–C) groups is 1. The van der Waals surface area contributed by atoms with Gasteiger partial charge in [-0.05, 0) is 49.2 Å². The van der Waals surface area contributed by atoms with Crippen LogP contribution in [0.2, 0.25) is 5.02 Å². The zero-order valence-electron chi connectivity index (χ0n) is 13.4.